The van der Waals surface area contributed by atoms with Gasteiger partial charge in [0.05, 0.1) is 12.7 Å². The van der Waals surface area contributed by atoms with Crippen molar-refractivity contribution in [2.24, 2.45) is 0 Å². The van der Waals surface area contributed by atoms with Gasteiger partial charge in [0.1, 0.15) is 5.60 Å². The number of aliphatic hydroxyl groups is 1. The molecule has 2 aliphatic rings. The van der Waals surface area contributed by atoms with E-state index in [1.807, 2.05) is 0 Å². The largest absolute Gasteiger partial charge is 0.389 e. The van der Waals surface area contributed by atoms with Crippen molar-refractivity contribution >= 4 is 0 Å². The van der Waals surface area contributed by atoms with Crippen LogP contribution in [0, 0.1) is 12.3 Å². The van der Waals surface area contributed by atoms with Crippen molar-refractivity contribution in [3.8, 4) is 12.3 Å². The minimum absolute atomic E-state index is 0.376. The summed E-state index contributed by atoms with van der Waals surface area (Å²) in [6, 6.07) is 0. The standard InChI is InChI=1S/C17H29NO2/c1-2-17(10-6-5-7-11-17)20-15-16(19)14-18-12-8-3-4-9-13-18/h1,16,19H,3-15H2/t16-/m0/s1. The Balaban J connectivity index is 1.73. The van der Waals surface area contributed by atoms with Crippen LogP contribution < -0.4 is 0 Å². The number of rotatable bonds is 5. The molecule has 0 amide bonds. The molecule has 0 spiro atoms. The van der Waals surface area contributed by atoms with E-state index >= 15 is 0 Å². The van der Waals surface area contributed by atoms with Crippen LogP contribution in [0.2, 0.25) is 0 Å². The Hall–Kier alpha value is -0.560. The fourth-order valence-electron chi connectivity index (χ4n) is 3.38. The van der Waals surface area contributed by atoms with Gasteiger partial charge in [-0.05, 0) is 51.6 Å². The summed E-state index contributed by atoms with van der Waals surface area (Å²) in [6.45, 7) is 3.32. The molecule has 0 unspecified atom stereocenters. The Labute approximate surface area is 123 Å². The second-order valence-electron chi connectivity index (χ2n) is 6.38. The summed E-state index contributed by atoms with van der Waals surface area (Å²) in [7, 11) is 0. The highest BCUT2D eigenvalue weighted by Gasteiger charge is 2.31. The van der Waals surface area contributed by atoms with Gasteiger partial charge in [-0.15, -0.1) is 6.42 Å². The van der Waals surface area contributed by atoms with Crippen molar-refractivity contribution in [3.05, 3.63) is 0 Å². The molecule has 20 heavy (non-hydrogen) atoms. The van der Waals surface area contributed by atoms with Crippen LogP contribution in [0.3, 0.4) is 0 Å². The number of nitrogens with zero attached hydrogens (tertiary/aromatic N) is 1. The van der Waals surface area contributed by atoms with Gasteiger partial charge in [0.2, 0.25) is 0 Å². The summed E-state index contributed by atoms with van der Waals surface area (Å²) in [5.41, 5.74) is -0.405. The van der Waals surface area contributed by atoms with Gasteiger partial charge in [-0.3, -0.25) is 0 Å². The highest BCUT2D eigenvalue weighted by atomic mass is 16.5. The Morgan fingerprint density at radius 2 is 1.65 bits per heavy atom. The summed E-state index contributed by atoms with van der Waals surface area (Å²) in [5, 5.41) is 10.2. The number of ether oxygens (including phenoxy) is 1. The molecule has 3 nitrogen and oxygen atoms in total. The summed E-state index contributed by atoms with van der Waals surface area (Å²) in [4.78, 5) is 2.37. The van der Waals surface area contributed by atoms with Crippen LogP contribution in [0.1, 0.15) is 57.8 Å². The predicted molar refractivity (Wildman–Crippen MR) is 81.5 cm³/mol. The normalized spacial score (nSPS) is 25.6. The van der Waals surface area contributed by atoms with Crippen molar-refractivity contribution in [2.75, 3.05) is 26.2 Å². The van der Waals surface area contributed by atoms with Crippen molar-refractivity contribution < 1.29 is 9.84 Å². The number of terminal acetylenes is 1. The summed E-state index contributed by atoms with van der Waals surface area (Å²) in [5.74, 6) is 2.84. The fourth-order valence-corrected chi connectivity index (χ4v) is 3.38. The quantitative estimate of drug-likeness (QED) is 0.785. The molecule has 0 aromatic heterocycles. The molecular formula is C17H29NO2. The first-order valence-corrected chi connectivity index (χ1v) is 8.26. The van der Waals surface area contributed by atoms with Crippen LogP contribution in [0.25, 0.3) is 0 Å². The lowest BCUT2D eigenvalue weighted by atomic mass is 9.85. The maximum Gasteiger partial charge on any atom is 0.128 e. The molecule has 1 atom stereocenters. The zero-order valence-corrected chi connectivity index (χ0v) is 12.6. The van der Waals surface area contributed by atoms with Gasteiger partial charge < -0.3 is 14.7 Å². The van der Waals surface area contributed by atoms with Crippen LogP contribution in [0.4, 0.5) is 0 Å². The molecule has 0 bridgehead atoms. The lowest BCUT2D eigenvalue weighted by Crippen LogP contribution is -2.40. The van der Waals surface area contributed by atoms with Gasteiger partial charge in [0.15, 0.2) is 0 Å². The number of hydrogen-bond acceptors (Lipinski definition) is 3. The average molecular weight is 279 g/mol. The van der Waals surface area contributed by atoms with Gasteiger partial charge in [0, 0.05) is 6.54 Å². The molecule has 1 saturated heterocycles. The zero-order valence-electron chi connectivity index (χ0n) is 12.6. The van der Waals surface area contributed by atoms with Crippen molar-refractivity contribution in [1.82, 2.24) is 4.90 Å². The highest BCUT2D eigenvalue weighted by molar-refractivity contribution is 5.09. The van der Waals surface area contributed by atoms with Gasteiger partial charge in [-0.25, -0.2) is 0 Å². The molecule has 1 heterocycles. The first-order chi connectivity index (χ1) is 9.74. The van der Waals surface area contributed by atoms with Gasteiger partial charge in [-0.2, -0.15) is 0 Å². The summed E-state index contributed by atoms with van der Waals surface area (Å²) in [6.07, 6.45) is 15.8. The number of likely N-dealkylation sites (tertiary alicyclic amines) is 1. The smallest absolute Gasteiger partial charge is 0.128 e. The van der Waals surface area contributed by atoms with Crippen molar-refractivity contribution in [2.45, 2.75) is 69.5 Å². The first kappa shape index (κ1) is 15.8. The van der Waals surface area contributed by atoms with E-state index in [1.165, 1.54) is 32.1 Å². The lowest BCUT2D eigenvalue weighted by Gasteiger charge is -2.34. The summed E-state index contributed by atoms with van der Waals surface area (Å²) >= 11 is 0. The highest BCUT2D eigenvalue weighted by Crippen LogP contribution is 2.31. The van der Waals surface area contributed by atoms with E-state index in [4.69, 9.17) is 11.2 Å². The predicted octanol–water partition coefficient (Wildman–Crippen LogP) is 2.58. The van der Waals surface area contributed by atoms with E-state index in [0.717, 1.165) is 45.3 Å². The van der Waals surface area contributed by atoms with Crippen molar-refractivity contribution in [3.63, 3.8) is 0 Å². The molecule has 1 saturated carbocycles. The second kappa shape index (κ2) is 8.02. The van der Waals surface area contributed by atoms with Crippen LogP contribution in [-0.4, -0.2) is 48.0 Å². The molecular weight excluding hydrogens is 250 g/mol. The molecule has 114 valence electrons. The molecule has 2 fully saturated rings. The first-order valence-electron chi connectivity index (χ1n) is 8.26. The van der Waals surface area contributed by atoms with Gasteiger partial charge in [-0.1, -0.05) is 25.2 Å². The topological polar surface area (TPSA) is 32.7 Å². The van der Waals surface area contributed by atoms with E-state index < -0.39 is 11.7 Å². The van der Waals surface area contributed by atoms with Crippen LogP contribution in [0.5, 0.6) is 0 Å². The monoisotopic (exact) mass is 279 g/mol. The van der Waals surface area contributed by atoms with E-state index in [0.29, 0.717) is 6.61 Å². The van der Waals surface area contributed by atoms with E-state index in [2.05, 4.69) is 10.8 Å². The molecule has 0 aromatic carbocycles. The summed E-state index contributed by atoms with van der Waals surface area (Å²) < 4.78 is 5.94. The minimum atomic E-state index is -0.416. The molecule has 3 heteroatoms. The molecule has 1 aliphatic carbocycles. The van der Waals surface area contributed by atoms with Gasteiger partial charge >= 0.3 is 0 Å². The third-order valence-corrected chi connectivity index (χ3v) is 4.64. The maximum atomic E-state index is 10.2. The Bertz CT molecular complexity index is 309. The Morgan fingerprint density at radius 3 is 2.25 bits per heavy atom. The number of hydrogen-bond donors (Lipinski definition) is 1. The average Bonchev–Trinajstić information content (AvgIpc) is 2.75. The van der Waals surface area contributed by atoms with Crippen LogP contribution >= 0.6 is 0 Å². The number of β-amino-alcohol motifs (C(OH)–C–C–N with tert-alkyl or cyclic N) is 1. The molecule has 1 N–H and O–H groups in total. The fraction of sp³-hybridized carbons (Fsp3) is 0.882. The van der Waals surface area contributed by atoms with Crippen LogP contribution in [0.15, 0.2) is 0 Å². The molecule has 0 radical (unpaired) electrons. The third-order valence-electron chi connectivity index (χ3n) is 4.64. The third kappa shape index (κ3) is 4.77. The van der Waals surface area contributed by atoms with E-state index in [9.17, 15) is 5.11 Å². The molecule has 0 aromatic rings. The number of aliphatic hydroxyl groups excluding tert-OH is 1. The lowest BCUT2D eigenvalue weighted by molar-refractivity contribution is -0.0695. The Morgan fingerprint density at radius 1 is 1.05 bits per heavy atom. The minimum Gasteiger partial charge on any atom is -0.389 e. The van der Waals surface area contributed by atoms with E-state index in [-0.39, 0.29) is 0 Å². The van der Waals surface area contributed by atoms with Gasteiger partial charge in [0.25, 0.3) is 0 Å². The molecule has 1 aliphatic heterocycles. The van der Waals surface area contributed by atoms with Crippen LogP contribution in [-0.2, 0) is 4.74 Å². The SMILES string of the molecule is C#CC1(OC[C@@H](O)CN2CCCCCC2)CCCCC1. The Kier molecular flexibility index (Phi) is 6.35. The second-order valence-corrected chi connectivity index (χ2v) is 6.38. The zero-order chi connectivity index (χ0) is 14.3. The maximum absolute atomic E-state index is 10.2. The van der Waals surface area contributed by atoms with Crippen molar-refractivity contribution in [1.29, 1.82) is 0 Å². The van der Waals surface area contributed by atoms with E-state index in [1.54, 1.807) is 0 Å². The molecule has 2 rings (SSSR count).